The Hall–Kier alpha value is -1.36. The third kappa shape index (κ3) is 1.56. The topological polar surface area (TPSA) is 75.0 Å². The van der Waals surface area contributed by atoms with Crippen LogP contribution in [0.3, 0.4) is 0 Å². The summed E-state index contributed by atoms with van der Waals surface area (Å²) in [7, 11) is 1.47. The number of hydrazine groups is 1. The number of amides is 1. The molecule has 0 unspecified atom stereocenters. The van der Waals surface area contributed by atoms with E-state index in [1.807, 2.05) is 6.92 Å². The second-order valence-corrected chi connectivity index (χ2v) is 2.33. The van der Waals surface area contributed by atoms with Crippen LogP contribution in [0.4, 0.5) is 0 Å². The monoisotopic (exact) mass is 154 g/mol. The van der Waals surface area contributed by atoms with Crippen molar-refractivity contribution in [3.05, 3.63) is 17.7 Å². The summed E-state index contributed by atoms with van der Waals surface area (Å²) < 4.78 is 0. The van der Waals surface area contributed by atoms with Gasteiger partial charge in [-0.2, -0.15) is 0 Å². The summed E-state index contributed by atoms with van der Waals surface area (Å²) in [5, 5.41) is 0.984. The van der Waals surface area contributed by atoms with Gasteiger partial charge in [-0.05, 0) is 6.92 Å². The molecule has 1 aromatic rings. The van der Waals surface area contributed by atoms with E-state index in [0.717, 1.165) is 10.7 Å². The summed E-state index contributed by atoms with van der Waals surface area (Å²) >= 11 is 0. The number of nitrogens with two attached hydrogens (primary N) is 1. The van der Waals surface area contributed by atoms with Crippen LogP contribution in [0.15, 0.2) is 6.20 Å². The minimum atomic E-state index is -0.321. The van der Waals surface area contributed by atoms with Crippen LogP contribution < -0.4 is 5.84 Å². The number of imidazole rings is 1. The lowest BCUT2D eigenvalue weighted by molar-refractivity contribution is 0.0784. The van der Waals surface area contributed by atoms with Crippen molar-refractivity contribution in [2.75, 3.05) is 7.05 Å². The number of carbonyl (C=O) groups is 1. The van der Waals surface area contributed by atoms with Crippen molar-refractivity contribution in [1.82, 2.24) is 15.0 Å². The molecule has 1 aromatic heterocycles. The highest BCUT2D eigenvalue weighted by Crippen LogP contribution is 1.95. The third-order valence-corrected chi connectivity index (χ3v) is 1.23. The van der Waals surface area contributed by atoms with Crippen molar-refractivity contribution in [3.63, 3.8) is 0 Å². The largest absolute Gasteiger partial charge is 0.338 e. The Bertz CT molecular complexity index is 265. The summed E-state index contributed by atoms with van der Waals surface area (Å²) in [6.07, 6.45) is 1.58. The number of aromatic amines is 1. The van der Waals surface area contributed by atoms with Crippen LogP contribution in [0, 0.1) is 6.92 Å². The highest BCUT2D eigenvalue weighted by Gasteiger charge is 2.10. The minimum absolute atomic E-state index is 0.271. The fraction of sp³-hybridized carbons (Fsp3) is 0.333. The van der Waals surface area contributed by atoms with Crippen molar-refractivity contribution in [2.24, 2.45) is 5.84 Å². The van der Waals surface area contributed by atoms with E-state index < -0.39 is 0 Å². The molecule has 0 radical (unpaired) electrons. The number of nitrogens with one attached hydrogen (secondary N) is 1. The van der Waals surface area contributed by atoms with Gasteiger partial charge in [-0.3, -0.25) is 9.80 Å². The number of nitrogens with zero attached hydrogens (tertiary/aromatic N) is 2. The van der Waals surface area contributed by atoms with Gasteiger partial charge in [0.2, 0.25) is 0 Å². The Balaban J connectivity index is 2.85. The number of hydrogen-bond donors (Lipinski definition) is 2. The van der Waals surface area contributed by atoms with Crippen LogP contribution in [0.2, 0.25) is 0 Å². The first-order chi connectivity index (χ1) is 5.11. The molecule has 0 spiro atoms. The number of H-pyrrole nitrogens is 1. The van der Waals surface area contributed by atoms with Crippen molar-refractivity contribution in [3.8, 4) is 0 Å². The molecular formula is C6H10N4O. The highest BCUT2D eigenvalue weighted by atomic mass is 16.2. The lowest BCUT2D eigenvalue weighted by Crippen LogP contribution is -2.33. The maximum Gasteiger partial charge on any atom is 0.303 e. The molecule has 1 heterocycles. The molecule has 0 fully saturated rings. The average Bonchev–Trinajstić information content (AvgIpc) is 2.34. The van der Waals surface area contributed by atoms with Gasteiger partial charge in [0.25, 0.3) is 0 Å². The Morgan fingerprint density at radius 2 is 2.45 bits per heavy atom. The second-order valence-electron chi connectivity index (χ2n) is 2.33. The number of aryl methyl sites for hydroxylation is 1. The summed E-state index contributed by atoms with van der Waals surface area (Å²) in [5.41, 5.74) is 0.843. The van der Waals surface area contributed by atoms with Crippen molar-refractivity contribution in [2.45, 2.75) is 6.92 Å². The molecule has 0 atom stereocenters. The predicted octanol–water partition coefficient (Wildman–Crippen LogP) is -0.336. The molecular weight excluding hydrogens is 144 g/mol. The maximum atomic E-state index is 11.1. The fourth-order valence-electron chi connectivity index (χ4n) is 0.688. The van der Waals surface area contributed by atoms with Crippen molar-refractivity contribution in [1.29, 1.82) is 0 Å². The Kier molecular flexibility index (Phi) is 1.91. The van der Waals surface area contributed by atoms with Gasteiger partial charge < -0.3 is 4.98 Å². The normalized spacial score (nSPS) is 9.73. The van der Waals surface area contributed by atoms with Gasteiger partial charge in [0, 0.05) is 18.9 Å². The van der Waals surface area contributed by atoms with Gasteiger partial charge in [-0.15, -0.1) is 0 Å². The quantitative estimate of drug-likeness (QED) is 0.330. The van der Waals surface area contributed by atoms with E-state index in [2.05, 4.69) is 9.97 Å². The van der Waals surface area contributed by atoms with Crippen molar-refractivity contribution >= 4 is 5.91 Å². The van der Waals surface area contributed by atoms with Crippen LogP contribution in [-0.2, 0) is 0 Å². The third-order valence-electron chi connectivity index (χ3n) is 1.23. The van der Waals surface area contributed by atoms with Gasteiger partial charge in [0.15, 0.2) is 5.82 Å². The van der Waals surface area contributed by atoms with Gasteiger partial charge in [-0.25, -0.2) is 10.8 Å². The molecule has 5 nitrogen and oxygen atoms in total. The van der Waals surface area contributed by atoms with E-state index in [1.165, 1.54) is 7.05 Å². The van der Waals surface area contributed by atoms with Crippen LogP contribution in [-0.4, -0.2) is 27.9 Å². The number of carbonyl (C=O) groups excluding carboxylic acids is 1. The molecule has 11 heavy (non-hydrogen) atoms. The van der Waals surface area contributed by atoms with Gasteiger partial charge in [0.05, 0.1) is 0 Å². The Morgan fingerprint density at radius 1 is 1.82 bits per heavy atom. The zero-order valence-electron chi connectivity index (χ0n) is 6.46. The molecule has 0 saturated heterocycles. The summed E-state index contributed by atoms with van der Waals surface area (Å²) in [6, 6.07) is 0. The standard InChI is InChI=1S/C6H10N4O/c1-4-3-8-5(9-4)6(11)10(2)7/h3H,7H2,1-2H3,(H,8,9). The Labute approximate surface area is 64.2 Å². The average molecular weight is 154 g/mol. The first kappa shape index (κ1) is 7.74. The Morgan fingerprint density at radius 3 is 2.82 bits per heavy atom. The van der Waals surface area contributed by atoms with Crippen LogP contribution in [0.25, 0.3) is 0 Å². The van der Waals surface area contributed by atoms with E-state index >= 15 is 0 Å². The summed E-state index contributed by atoms with van der Waals surface area (Å²) in [6.45, 7) is 1.82. The van der Waals surface area contributed by atoms with Gasteiger partial charge in [0.1, 0.15) is 0 Å². The smallest absolute Gasteiger partial charge is 0.303 e. The number of rotatable bonds is 1. The van der Waals surface area contributed by atoms with Gasteiger partial charge in [-0.1, -0.05) is 0 Å². The molecule has 5 heteroatoms. The van der Waals surface area contributed by atoms with Crippen LogP contribution in [0.5, 0.6) is 0 Å². The SMILES string of the molecule is Cc1cnc(C(=O)N(C)N)[nH]1. The molecule has 0 aliphatic carbocycles. The van der Waals surface area contributed by atoms with Crippen molar-refractivity contribution < 1.29 is 4.79 Å². The molecule has 1 rings (SSSR count). The molecule has 0 bridgehead atoms. The lowest BCUT2D eigenvalue weighted by atomic mass is 10.5. The van der Waals surface area contributed by atoms with E-state index in [-0.39, 0.29) is 11.7 Å². The predicted molar refractivity (Wildman–Crippen MR) is 39.6 cm³/mol. The van der Waals surface area contributed by atoms with E-state index in [1.54, 1.807) is 6.20 Å². The first-order valence-electron chi connectivity index (χ1n) is 3.15. The molecule has 3 N–H and O–H groups in total. The van der Waals surface area contributed by atoms with E-state index in [4.69, 9.17) is 5.84 Å². The maximum absolute atomic E-state index is 11.1. The van der Waals surface area contributed by atoms with Gasteiger partial charge >= 0.3 is 5.91 Å². The highest BCUT2D eigenvalue weighted by molar-refractivity contribution is 5.89. The van der Waals surface area contributed by atoms with Crippen LogP contribution >= 0.6 is 0 Å². The lowest BCUT2D eigenvalue weighted by Gasteiger charge is -2.05. The zero-order valence-corrected chi connectivity index (χ0v) is 6.46. The van der Waals surface area contributed by atoms with E-state index in [9.17, 15) is 4.79 Å². The second kappa shape index (κ2) is 2.71. The molecule has 1 amide bonds. The summed E-state index contributed by atoms with van der Waals surface area (Å²) in [4.78, 5) is 17.6. The van der Waals surface area contributed by atoms with Crippen LogP contribution in [0.1, 0.15) is 16.3 Å². The summed E-state index contributed by atoms with van der Waals surface area (Å²) in [5.74, 6) is 5.15. The molecule has 0 aliphatic heterocycles. The molecule has 0 saturated carbocycles. The zero-order chi connectivity index (χ0) is 8.43. The number of aromatic nitrogens is 2. The fourth-order valence-corrected chi connectivity index (χ4v) is 0.688. The number of hydrogen-bond acceptors (Lipinski definition) is 3. The van der Waals surface area contributed by atoms with E-state index in [0.29, 0.717) is 0 Å². The molecule has 0 aromatic carbocycles. The molecule has 0 aliphatic rings. The first-order valence-corrected chi connectivity index (χ1v) is 3.15. The minimum Gasteiger partial charge on any atom is -0.338 e. The molecule has 60 valence electrons.